The summed E-state index contributed by atoms with van der Waals surface area (Å²) in [6, 6.07) is 14.6. The molecule has 7 heteroatoms. The number of hydrogen-bond donors (Lipinski definition) is 2. The minimum Gasteiger partial charge on any atom is -0.489 e. The summed E-state index contributed by atoms with van der Waals surface area (Å²) < 4.78 is 5.70. The second-order valence-electron chi connectivity index (χ2n) is 4.73. The number of carbonyl (C=O) groups excluding carboxylic acids is 2. The van der Waals surface area contributed by atoms with E-state index in [0.717, 1.165) is 5.56 Å². The number of carbonyl (C=O) groups is 2. The van der Waals surface area contributed by atoms with E-state index in [4.69, 9.17) is 16.3 Å². The third-order valence-electron chi connectivity index (χ3n) is 3.02. The Labute approximate surface area is 144 Å². The summed E-state index contributed by atoms with van der Waals surface area (Å²) in [5.41, 5.74) is 3.72. The van der Waals surface area contributed by atoms with Gasteiger partial charge in [0, 0.05) is 17.6 Å². The maximum Gasteiger partial charge on any atom is 0.329 e. The van der Waals surface area contributed by atoms with Crippen LogP contribution < -0.4 is 15.5 Å². The molecule has 0 saturated carbocycles. The summed E-state index contributed by atoms with van der Waals surface area (Å²) in [6.45, 7) is 0.341. The van der Waals surface area contributed by atoms with Gasteiger partial charge >= 0.3 is 11.8 Å². The van der Waals surface area contributed by atoms with E-state index in [2.05, 4.69) is 15.8 Å². The lowest BCUT2D eigenvalue weighted by atomic mass is 10.2. The molecule has 6 nitrogen and oxygen atoms in total. The molecule has 0 radical (unpaired) electrons. The molecule has 0 unspecified atom stereocenters. The Hall–Kier alpha value is -2.86. The van der Waals surface area contributed by atoms with Gasteiger partial charge in [-0.3, -0.25) is 9.59 Å². The van der Waals surface area contributed by atoms with Crippen molar-refractivity contribution in [3.63, 3.8) is 0 Å². The van der Waals surface area contributed by atoms with Crippen molar-refractivity contribution in [2.75, 3.05) is 7.05 Å². The van der Waals surface area contributed by atoms with Crippen LogP contribution in [0.3, 0.4) is 0 Å². The zero-order chi connectivity index (χ0) is 17.4. The lowest BCUT2D eigenvalue weighted by Gasteiger charge is -2.08. The lowest BCUT2D eigenvalue weighted by Crippen LogP contribution is -2.35. The second kappa shape index (κ2) is 8.69. The van der Waals surface area contributed by atoms with Gasteiger partial charge in [-0.25, -0.2) is 5.43 Å². The molecule has 0 aliphatic carbocycles. The van der Waals surface area contributed by atoms with Gasteiger partial charge in [0.2, 0.25) is 0 Å². The first-order valence-corrected chi connectivity index (χ1v) is 7.49. The van der Waals surface area contributed by atoms with E-state index in [9.17, 15) is 9.59 Å². The summed E-state index contributed by atoms with van der Waals surface area (Å²) in [4.78, 5) is 22.3. The van der Waals surface area contributed by atoms with Crippen LogP contribution in [0.15, 0.2) is 53.6 Å². The Balaban J connectivity index is 1.95. The van der Waals surface area contributed by atoms with Crippen molar-refractivity contribution in [3.05, 3.63) is 64.7 Å². The standard InChI is InChI=1S/C17H16ClN3O3/c1-19-16(22)17(23)21-20-10-12-5-4-7-14(9-12)24-11-13-6-2-3-8-15(13)18/h2-10H,11H2,1H3,(H,19,22)(H,21,23)/b20-10-. The van der Waals surface area contributed by atoms with Gasteiger partial charge in [0.1, 0.15) is 12.4 Å². The van der Waals surface area contributed by atoms with Gasteiger partial charge in [0.15, 0.2) is 0 Å². The SMILES string of the molecule is CNC(=O)C(=O)N/N=C\c1cccc(OCc2ccccc2Cl)c1. The number of likely N-dealkylation sites (N-methyl/N-ethyl adjacent to an activating group) is 1. The van der Waals surface area contributed by atoms with Crippen molar-refractivity contribution in [1.29, 1.82) is 0 Å². The largest absolute Gasteiger partial charge is 0.489 e. The molecule has 0 bridgehead atoms. The molecule has 0 atom stereocenters. The van der Waals surface area contributed by atoms with Crippen molar-refractivity contribution >= 4 is 29.6 Å². The average molecular weight is 346 g/mol. The van der Waals surface area contributed by atoms with Crippen LogP contribution >= 0.6 is 11.6 Å². The lowest BCUT2D eigenvalue weighted by molar-refractivity contribution is -0.138. The number of hydrogen-bond acceptors (Lipinski definition) is 4. The number of rotatable bonds is 5. The van der Waals surface area contributed by atoms with E-state index in [1.54, 1.807) is 30.3 Å². The Bertz CT molecular complexity index is 762. The van der Waals surface area contributed by atoms with Gasteiger partial charge in [-0.2, -0.15) is 5.10 Å². The molecule has 2 aromatic carbocycles. The highest BCUT2D eigenvalue weighted by Crippen LogP contribution is 2.19. The molecule has 0 aliphatic heterocycles. The van der Waals surface area contributed by atoms with Gasteiger partial charge in [0.05, 0.1) is 6.21 Å². The van der Waals surface area contributed by atoms with Crippen molar-refractivity contribution in [3.8, 4) is 5.75 Å². The summed E-state index contributed by atoms with van der Waals surface area (Å²) in [5.74, 6) is -0.958. The van der Waals surface area contributed by atoms with Crippen LogP contribution in [-0.2, 0) is 16.2 Å². The van der Waals surface area contributed by atoms with E-state index >= 15 is 0 Å². The number of amides is 2. The monoisotopic (exact) mass is 345 g/mol. The van der Waals surface area contributed by atoms with Gasteiger partial charge in [-0.15, -0.1) is 0 Å². The molecule has 0 aromatic heterocycles. The number of benzene rings is 2. The van der Waals surface area contributed by atoms with Gasteiger partial charge in [0.25, 0.3) is 0 Å². The maximum absolute atomic E-state index is 11.2. The molecule has 2 N–H and O–H groups in total. The minimum atomic E-state index is -0.833. The summed E-state index contributed by atoms with van der Waals surface area (Å²) in [5, 5.41) is 6.57. The molecule has 2 amide bonds. The molecular weight excluding hydrogens is 330 g/mol. The average Bonchev–Trinajstić information content (AvgIpc) is 2.60. The number of nitrogens with zero attached hydrogens (tertiary/aromatic N) is 1. The first kappa shape index (κ1) is 17.5. The number of nitrogens with one attached hydrogen (secondary N) is 2. The van der Waals surface area contributed by atoms with Gasteiger partial charge in [-0.05, 0) is 23.8 Å². The molecule has 0 fully saturated rings. The molecule has 0 spiro atoms. The predicted octanol–water partition coefficient (Wildman–Crippen LogP) is 2.12. The maximum atomic E-state index is 11.2. The first-order valence-electron chi connectivity index (χ1n) is 7.11. The Kier molecular flexibility index (Phi) is 6.33. The Morgan fingerprint density at radius 3 is 2.71 bits per heavy atom. The fourth-order valence-electron chi connectivity index (χ4n) is 1.79. The molecule has 0 heterocycles. The minimum absolute atomic E-state index is 0.341. The summed E-state index contributed by atoms with van der Waals surface area (Å²) >= 11 is 6.08. The topological polar surface area (TPSA) is 79.8 Å². The normalized spacial score (nSPS) is 10.4. The number of halogens is 1. The molecule has 0 saturated heterocycles. The van der Waals surface area contributed by atoms with Crippen LogP contribution in [0.2, 0.25) is 5.02 Å². The number of ether oxygens (including phenoxy) is 1. The Morgan fingerprint density at radius 2 is 1.96 bits per heavy atom. The molecular formula is C17H16ClN3O3. The van der Waals surface area contributed by atoms with Crippen LogP contribution in [0.25, 0.3) is 0 Å². The highest BCUT2D eigenvalue weighted by molar-refractivity contribution is 6.35. The van der Waals surface area contributed by atoms with Crippen molar-refractivity contribution in [2.24, 2.45) is 5.10 Å². The van der Waals surface area contributed by atoms with E-state index in [1.165, 1.54) is 13.3 Å². The summed E-state index contributed by atoms with van der Waals surface area (Å²) in [7, 11) is 1.37. The quantitative estimate of drug-likeness (QED) is 0.495. The van der Waals surface area contributed by atoms with Crippen LogP contribution in [0, 0.1) is 0 Å². The number of hydrazone groups is 1. The highest BCUT2D eigenvalue weighted by atomic mass is 35.5. The predicted molar refractivity (Wildman–Crippen MR) is 92.0 cm³/mol. The van der Waals surface area contributed by atoms with Crippen LogP contribution in [0.5, 0.6) is 5.75 Å². The molecule has 2 rings (SSSR count). The van der Waals surface area contributed by atoms with E-state index in [0.29, 0.717) is 22.9 Å². The second-order valence-corrected chi connectivity index (χ2v) is 5.14. The fraction of sp³-hybridized carbons (Fsp3) is 0.118. The van der Waals surface area contributed by atoms with Crippen molar-refractivity contribution in [2.45, 2.75) is 6.61 Å². The van der Waals surface area contributed by atoms with E-state index < -0.39 is 11.8 Å². The van der Waals surface area contributed by atoms with Crippen molar-refractivity contribution in [1.82, 2.24) is 10.7 Å². The smallest absolute Gasteiger partial charge is 0.329 e. The van der Waals surface area contributed by atoms with Crippen LogP contribution in [0.4, 0.5) is 0 Å². The van der Waals surface area contributed by atoms with Gasteiger partial charge in [-0.1, -0.05) is 41.9 Å². The zero-order valence-electron chi connectivity index (χ0n) is 13.0. The van der Waals surface area contributed by atoms with E-state index in [1.807, 2.05) is 18.2 Å². The molecule has 2 aromatic rings. The van der Waals surface area contributed by atoms with Crippen molar-refractivity contribution < 1.29 is 14.3 Å². The van der Waals surface area contributed by atoms with Crippen LogP contribution in [0.1, 0.15) is 11.1 Å². The molecule has 24 heavy (non-hydrogen) atoms. The third kappa shape index (κ3) is 5.10. The molecule has 0 aliphatic rings. The summed E-state index contributed by atoms with van der Waals surface area (Å²) in [6.07, 6.45) is 1.42. The first-order chi connectivity index (χ1) is 11.6. The molecule has 124 valence electrons. The third-order valence-corrected chi connectivity index (χ3v) is 3.39. The highest BCUT2D eigenvalue weighted by Gasteiger charge is 2.08. The van der Waals surface area contributed by atoms with Crippen LogP contribution in [-0.4, -0.2) is 25.1 Å². The Morgan fingerprint density at radius 1 is 1.17 bits per heavy atom. The zero-order valence-corrected chi connectivity index (χ0v) is 13.7. The fourth-order valence-corrected chi connectivity index (χ4v) is 1.98. The van der Waals surface area contributed by atoms with E-state index in [-0.39, 0.29) is 0 Å². The van der Waals surface area contributed by atoms with Gasteiger partial charge < -0.3 is 10.1 Å².